The van der Waals surface area contributed by atoms with Crippen LogP contribution in [0.2, 0.25) is 5.02 Å². The number of likely N-dealkylation sites (N-methyl/N-ethyl adjacent to an activating group) is 1. The summed E-state index contributed by atoms with van der Waals surface area (Å²) in [5, 5.41) is 0.541. The fraction of sp³-hybridized carbons (Fsp3) is 0.500. The highest BCUT2D eigenvalue weighted by Gasteiger charge is 2.18. The van der Waals surface area contributed by atoms with Crippen LogP contribution in [0.1, 0.15) is 24.9 Å². The molecule has 0 fully saturated rings. The van der Waals surface area contributed by atoms with Gasteiger partial charge in [-0.25, -0.2) is 4.39 Å². The molecule has 0 amide bonds. The van der Waals surface area contributed by atoms with Crippen LogP contribution in [0.4, 0.5) is 4.39 Å². The van der Waals surface area contributed by atoms with Gasteiger partial charge in [-0.3, -0.25) is 4.90 Å². The predicted octanol–water partition coefficient (Wildman–Crippen LogP) is 2.82. The van der Waals surface area contributed by atoms with Crippen LogP contribution < -0.4 is 5.73 Å². The summed E-state index contributed by atoms with van der Waals surface area (Å²) in [6.45, 7) is 3.35. The molecule has 4 heteroatoms. The molecule has 90 valence electrons. The van der Waals surface area contributed by atoms with Gasteiger partial charge in [0.1, 0.15) is 5.82 Å². The van der Waals surface area contributed by atoms with Gasteiger partial charge in [-0.05, 0) is 38.2 Å². The summed E-state index contributed by atoms with van der Waals surface area (Å²) in [6.07, 6.45) is 1.01. The minimum absolute atomic E-state index is 0.112. The van der Waals surface area contributed by atoms with Crippen LogP contribution in [-0.2, 0) is 0 Å². The summed E-state index contributed by atoms with van der Waals surface area (Å²) in [7, 11) is 1.95. The zero-order valence-corrected chi connectivity index (χ0v) is 10.5. The van der Waals surface area contributed by atoms with Gasteiger partial charge in [0, 0.05) is 23.2 Å². The second-order valence-corrected chi connectivity index (χ2v) is 4.33. The van der Waals surface area contributed by atoms with Gasteiger partial charge in [0.2, 0.25) is 0 Å². The molecular weight excluding hydrogens is 227 g/mol. The van der Waals surface area contributed by atoms with E-state index in [0.717, 1.165) is 13.0 Å². The van der Waals surface area contributed by atoms with Crippen molar-refractivity contribution >= 4 is 11.6 Å². The second-order valence-electron chi connectivity index (χ2n) is 3.90. The highest BCUT2D eigenvalue weighted by molar-refractivity contribution is 6.30. The number of hydrogen-bond acceptors (Lipinski definition) is 2. The number of benzene rings is 1. The van der Waals surface area contributed by atoms with Crippen LogP contribution in [0.3, 0.4) is 0 Å². The maximum atomic E-state index is 13.7. The van der Waals surface area contributed by atoms with E-state index in [1.54, 1.807) is 12.1 Å². The fourth-order valence-electron chi connectivity index (χ4n) is 1.82. The third-order valence-electron chi connectivity index (χ3n) is 2.65. The molecule has 16 heavy (non-hydrogen) atoms. The molecule has 1 rings (SSSR count). The number of hydrogen-bond donors (Lipinski definition) is 1. The lowest BCUT2D eigenvalue weighted by molar-refractivity contribution is 0.245. The van der Waals surface area contributed by atoms with Gasteiger partial charge in [0.15, 0.2) is 0 Å². The molecule has 1 unspecified atom stereocenters. The summed E-state index contributed by atoms with van der Waals surface area (Å²) in [5.74, 6) is -0.247. The largest absolute Gasteiger partial charge is 0.329 e. The Labute approximate surface area is 101 Å². The third-order valence-corrected chi connectivity index (χ3v) is 2.88. The quantitative estimate of drug-likeness (QED) is 0.863. The van der Waals surface area contributed by atoms with Gasteiger partial charge in [0.05, 0.1) is 0 Å². The van der Waals surface area contributed by atoms with Gasteiger partial charge in [-0.2, -0.15) is 0 Å². The lowest BCUT2D eigenvalue weighted by atomic mass is 10.0. The number of rotatable bonds is 5. The summed E-state index contributed by atoms with van der Waals surface area (Å²) < 4.78 is 13.7. The van der Waals surface area contributed by atoms with Crippen LogP contribution in [0.5, 0.6) is 0 Å². The van der Waals surface area contributed by atoms with Crippen molar-refractivity contribution in [2.24, 2.45) is 5.73 Å². The minimum atomic E-state index is -0.247. The molecule has 1 aromatic rings. The van der Waals surface area contributed by atoms with Crippen molar-refractivity contribution in [2.45, 2.75) is 19.4 Å². The standard InChI is InChI=1S/C12H18ClFN2/c1-3-6-16(2)12(8-15)10-7-9(13)4-5-11(10)14/h4-5,7,12H,3,6,8,15H2,1-2H3. The Bertz CT molecular complexity index is 344. The zero-order chi connectivity index (χ0) is 12.1. The molecule has 0 aliphatic heterocycles. The molecule has 0 heterocycles. The number of nitrogens with zero attached hydrogens (tertiary/aromatic N) is 1. The van der Waals surface area contributed by atoms with E-state index >= 15 is 0 Å². The van der Waals surface area contributed by atoms with Gasteiger partial charge in [-0.1, -0.05) is 18.5 Å². The van der Waals surface area contributed by atoms with Crippen molar-refractivity contribution in [1.29, 1.82) is 0 Å². The molecule has 0 aromatic heterocycles. The van der Waals surface area contributed by atoms with Crippen LogP contribution in [0.15, 0.2) is 18.2 Å². The first-order chi connectivity index (χ1) is 7.60. The van der Waals surface area contributed by atoms with Gasteiger partial charge in [-0.15, -0.1) is 0 Å². The van der Waals surface area contributed by atoms with Crippen LogP contribution >= 0.6 is 11.6 Å². The fourth-order valence-corrected chi connectivity index (χ4v) is 2.00. The molecule has 0 saturated carbocycles. The SMILES string of the molecule is CCCN(C)C(CN)c1cc(Cl)ccc1F. The van der Waals surface area contributed by atoms with Crippen molar-refractivity contribution in [2.75, 3.05) is 20.1 Å². The molecule has 0 aliphatic rings. The molecule has 0 spiro atoms. The average molecular weight is 245 g/mol. The number of halogens is 2. The molecule has 2 nitrogen and oxygen atoms in total. The Morgan fingerprint density at radius 3 is 2.75 bits per heavy atom. The lowest BCUT2D eigenvalue weighted by Gasteiger charge is -2.27. The molecule has 0 saturated heterocycles. The van der Waals surface area contributed by atoms with Crippen LogP contribution in [0, 0.1) is 5.82 Å². The van der Waals surface area contributed by atoms with Gasteiger partial charge < -0.3 is 5.73 Å². The highest BCUT2D eigenvalue weighted by atomic mass is 35.5. The van der Waals surface area contributed by atoms with E-state index in [-0.39, 0.29) is 11.9 Å². The Balaban J connectivity index is 2.98. The van der Waals surface area contributed by atoms with E-state index in [2.05, 4.69) is 11.8 Å². The summed E-state index contributed by atoms with van der Waals surface area (Å²) in [6, 6.07) is 4.48. The topological polar surface area (TPSA) is 29.3 Å². The van der Waals surface area contributed by atoms with Crippen molar-refractivity contribution < 1.29 is 4.39 Å². The van der Waals surface area contributed by atoms with E-state index in [9.17, 15) is 4.39 Å². The van der Waals surface area contributed by atoms with Gasteiger partial charge in [0.25, 0.3) is 0 Å². The smallest absolute Gasteiger partial charge is 0.128 e. The molecule has 1 aromatic carbocycles. The Morgan fingerprint density at radius 2 is 2.19 bits per heavy atom. The molecule has 0 radical (unpaired) electrons. The van der Waals surface area contributed by atoms with E-state index in [0.29, 0.717) is 17.1 Å². The van der Waals surface area contributed by atoms with E-state index in [1.165, 1.54) is 6.07 Å². The molecule has 1 atom stereocenters. The highest BCUT2D eigenvalue weighted by Crippen LogP contribution is 2.24. The zero-order valence-electron chi connectivity index (χ0n) is 9.71. The third kappa shape index (κ3) is 3.17. The summed E-state index contributed by atoms with van der Waals surface area (Å²) in [4.78, 5) is 2.05. The van der Waals surface area contributed by atoms with Crippen molar-refractivity contribution in [3.8, 4) is 0 Å². The summed E-state index contributed by atoms with van der Waals surface area (Å²) >= 11 is 5.87. The summed E-state index contributed by atoms with van der Waals surface area (Å²) in [5.41, 5.74) is 6.28. The van der Waals surface area contributed by atoms with Crippen LogP contribution in [-0.4, -0.2) is 25.0 Å². The maximum Gasteiger partial charge on any atom is 0.128 e. The van der Waals surface area contributed by atoms with E-state index in [4.69, 9.17) is 17.3 Å². The first-order valence-corrected chi connectivity index (χ1v) is 5.83. The molecular formula is C12H18ClFN2. The lowest BCUT2D eigenvalue weighted by Crippen LogP contribution is -2.31. The van der Waals surface area contributed by atoms with E-state index in [1.807, 2.05) is 7.05 Å². The minimum Gasteiger partial charge on any atom is -0.329 e. The Morgan fingerprint density at radius 1 is 1.50 bits per heavy atom. The predicted molar refractivity (Wildman–Crippen MR) is 66.1 cm³/mol. The van der Waals surface area contributed by atoms with Gasteiger partial charge >= 0.3 is 0 Å². The van der Waals surface area contributed by atoms with Crippen molar-refractivity contribution in [3.63, 3.8) is 0 Å². The molecule has 0 bridgehead atoms. The average Bonchev–Trinajstić information content (AvgIpc) is 2.24. The number of nitrogens with two attached hydrogens (primary N) is 1. The van der Waals surface area contributed by atoms with Crippen molar-refractivity contribution in [3.05, 3.63) is 34.6 Å². The molecule has 0 aliphatic carbocycles. The second kappa shape index (κ2) is 6.18. The van der Waals surface area contributed by atoms with Crippen LogP contribution in [0.25, 0.3) is 0 Å². The Kier molecular flexibility index (Phi) is 5.19. The Hall–Kier alpha value is -0.640. The normalized spacial score (nSPS) is 13.1. The van der Waals surface area contributed by atoms with Crippen molar-refractivity contribution in [1.82, 2.24) is 4.90 Å². The monoisotopic (exact) mass is 244 g/mol. The van der Waals surface area contributed by atoms with E-state index < -0.39 is 0 Å². The molecule has 2 N–H and O–H groups in total. The maximum absolute atomic E-state index is 13.7. The first kappa shape index (κ1) is 13.4. The first-order valence-electron chi connectivity index (χ1n) is 5.45.